The van der Waals surface area contributed by atoms with Crippen molar-refractivity contribution >= 4 is 12.0 Å². The number of cyclic esters (lactones) is 1. The topological polar surface area (TPSA) is 46.6 Å². The predicted octanol–water partition coefficient (Wildman–Crippen LogP) is 2.00. The summed E-state index contributed by atoms with van der Waals surface area (Å²) >= 11 is 0. The Hall–Kier alpha value is -1.98. The van der Waals surface area contributed by atoms with Crippen molar-refractivity contribution in [1.29, 1.82) is 0 Å². The van der Waals surface area contributed by atoms with Crippen LogP contribution >= 0.6 is 0 Å². The molecule has 0 unspecified atom stereocenters. The second kappa shape index (κ2) is 4.12. The number of rotatable bonds is 1. The van der Waals surface area contributed by atoms with E-state index in [1.165, 1.54) is 13.0 Å². The van der Waals surface area contributed by atoms with Crippen LogP contribution in [0.4, 0.5) is 13.6 Å². The normalized spacial score (nSPS) is 19.4. The van der Waals surface area contributed by atoms with E-state index in [9.17, 15) is 18.4 Å². The zero-order chi connectivity index (χ0) is 12.6. The molecular weight excluding hydrogens is 232 g/mol. The van der Waals surface area contributed by atoms with Gasteiger partial charge in [-0.1, -0.05) is 6.07 Å². The molecule has 1 saturated heterocycles. The molecule has 1 atom stereocenters. The van der Waals surface area contributed by atoms with Crippen LogP contribution in [0, 0.1) is 11.6 Å². The van der Waals surface area contributed by atoms with E-state index in [1.54, 1.807) is 0 Å². The van der Waals surface area contributed by atoms with Crippen molar-refractivity contribution < 1.29 is 23.1 Å². The molecule has 0 saturated carbocycles. The molecule has 1 aliphatic rings. The molecule has 17 heavy (non-hydrogen) atoms. The summed E-state index contributed by atoms with van der Waals surface area (Å²) in [5.41, 5.74) is 0.324. The Morgan fingerprint density at radius 2 is 2.12 bits per heavy atom. The van der Waals surface area contributed by atoms with Gasteiger partial charge in [0.05, 0.1) is 0 Å². The molecule has 0 spiro atoms. The Morgan fingerprint density at radius 1 is 1.41 bits per heavy atom. The highest BCUT2D eigenvalue weighted by atomic mass is 19.2. The highest BCUT2D eigenvalue weighted by molar-refractivity contribution is 5.92. The lowest BCUT2D eigenvalue weighted by Crippen LogP contribution is -2.32. The zero-order valence-electron chi connectivity index (χ0n) is 8.94. The van der Waals surface area contributed by atoms with Gasteiger partial charge in [-0.3, -0.25) is 4.79 Å². The van der Waals surface area contributed by atoms with E-state index in [0.717, 1.165) is 17.0 Å². The summed E-state index contributed by atoms with van der Waals surface area (Å²) in [4.78, 5) is 23.4. The van der Waals surface area contributed by atoms with Crippen LogP contribution in [0.25, 0.3) is 0 Å². The van der Waals surface area contributed by atoms with E-state index in [4.69, 9.17) is 4.74 Å². The number of imide groups is 1. The maximum atomic E-state index is 13.1. The van der Waals surface area contributed by atoms with Gasteiger partial charge in [0.1, 0.15) is 12.6 Å². The molecule has 0 bridgehead atoms. The minimum absolute atomic E-state index is 0.0521. The number of hydrogen-bond acceptors (Lipinski definition) is 3. The van der Waals surface area contributed by atoms with Gasteiger partial charge in [0.25, 0.3) is 0 Å². The standard InChI is InChI=1S/C11H9F2NO3/c1-6(15)14-10(5-17-11(14)16)7-2-3-8(12)9(13)4-7/h2-4,10H,5H2,1H3/t10-/m1/s1. The van der Waals surface area contributed by atoms with Crippen molar-refractivity contribution in [3.63, 3.8) is 0 Å². The lowest BCUT2D eigenvalue weighted by molar-refractivity contribution is -0.126. The first-order chi connectivity index (χ1) is 8.00. The summed E-state index contributed by atoms with van der Waals surface area (Å²) in [6.07, 6.45) is -0.771. The van der Waals surface area contributed by atoms with Gasteiger partial charge in [0, 0.05) is 6.92 Å². The van der Waals surface area contributed by atoms with E-state index >= 15 is 0 Å². The quantitative estimate of drug-likeness (QED) is 0.755. The van der Waals surface area contributed by atoms with E-state index < -0.39 is 29.7 Å². The molecular formula is C11H9F2NO3. The van der Waals surface area contributed by atoms with Crippen LogP contribution < -0.4 is 0 Å². The lowest BCUT2D eigenvalue weighted by Gasteiger charge is -2.17. The Labute approximate surface area is 95.8 Å². The maximum Gasteiger partial charge on any atom is 0.417 e. The molecule has 2 rings (SSSR count). The zero-order valence-corrected chi connectivity index (χ0v) is 8.94. The van der Waals surface area contributed by atoms with E-state index in [1.807, 2.05) is 0 Å². The maximum absolute atomic E-state index is 13.1. The van der Waals surface area contributed by atoms with Gasteiger partial charge < -0.3 is 4.74 Å². The van der Waals surface area contributed by atoms with Gasteiger partial charge in [-0.15, -0.1) is 0 Å². The van der Waals surface area contributed by atoms with Gasteiger partial charge in [-0.05, 0) is 17.7 Å². The van der Waals surface area contributed by atoms with Crippen molar-refractivity contribution in [3.05, 3.63) is 35.4 Å². The highest BCUT2D eigenvalue weighted by Gasteiger charge is 2.37. The van der Waals surface area contributed by atoms with E-state index in [0.29, 0.717) is 5.56 Å². The van der Waals surface area contributed by atoms with Crippen LogP contribution in [0.5, 0.6) is 0 Å². The van der Waals surface area contributed by atoms with Crippen LogP contribution in [-0.4, -0.2) is 23.5 Å². The molecule has 6 heteroatoms. The van der Waals surface area contributed by atoms with Gasteiger partial charge >= 0.3 is 6.09 Å². The number of benzene rings is 1. The first-order valence-corrected chi connectivity index (χ1v) is 4.92. The van der Waals surface area contributed by atoms with Crippen molar-refractivity contribution in [3.8, 4) is 0 Å². The smallest absolute Gasteiger partial charge is 0.417 e. The third-order valence-electron chi connectivity index (χ3n) is 2.54. The first-order valence-electron chi connectivity index (χ1n) is 4.92. The molecule has 2 amide bonds. The minimum Gasteiger partial charge on any atom is -0.446 e. The molecule has 90 valence electrons. The Balaban J connectivity index is 2.36. The fraction of sp³-hybridized carbons (Fsp3) is 0.273. The van der Waals surface area contributed by atoms with Gasteiger partial charge in [0.15, 0.2) is 11.6 Å². The Morgan fingerprint density at radius 3 is 2.71 bits per heavy atom. The lowest BCUT2D eigenvalue weighted by atomic mass is 10.1. The van der Waals surface area contributed by atoms with Crippen LogP contribution in [0.2, 0.25) is 0 Å². The number of ether oxygens (including phenoxy) is 1. The van der Waals surface area contributed by atoms with Gasteiger partial charge in [-0.2, -0.15) is 0 Å². The fourth-order valence-corrected chi connectivity index (χ4v) is 1.73. The number of amides is 2. The molecule has 0 radical (unpaired) electrons. The average Bonchev–Trinajstić information content (AvgIpc) is 2.64. The number of hydrogen-bond donors (Lipinski definition) is 0. The fourth-order valence-electron chi connectivity index (χ4n) is 1.73. The Bertz CT molecular complexity index is 490. The largest absolute Gasteiger partial charge is 0.446 e. The van der Waals surface area contributed by atoms with Crippen molar-refractivity contribution in [2.45, 2.75) is 13.0 Å². The summed E-state index contributed by atoms with van der Waals surface area (Å²) < 4.78 is 30.5. The minimum atomic E-state index is -1.02. The second-order valence-electron chi connectivity index (χ2n) is 3.66. The third-order valence-corrected chi connectivity index (χ3v) is 2.54. The van der Waals surface area contributed by atoms with Gasteiger partial charge in [-0.25, -0.2) is 18.5 Å². The average molecular weight is 241 g/mol. The SMILES string of the molecule is CC(=O)N1C(=O)OC[C@@H]1c1ccc(F)c(F)c1. The molecule has 4 nitrogen and oxygen atoms in total. The number of nitrogens with zero attached hydrogens (tertiary/aromatic N) is 1. The summed E-state index contributed by atoms with van der Waals surface area (Å²) in [6, 6.07) is 2.53. The van der Waals surface area contributed by atoms with Crippen molar-refractivity contribution in [1.82, 2.24) is 4.90 Å². The monoisotopic (exact) mass is 241 g/mol. The number of carbonyl (C=O) groups is 2. The van der Waals surface area contributed by atoms with Crippen LogP contribution in [0.1, 0.15) is 18.5 Å². The molecule has 0 aliphatic carbocycles. The highest BCUT2D eigenvalue weighted by Crippen LogP contribution is 2.28. The summed E-state index contributed by atoms with van der Waals surface area (Å²) in [6.45, 7) is 1.16. The third kappa shape index (κ3) is 1.98. The summed E-state index contributed by atoms with van der Waals surface area (Å²) in [7, 11) is 0. The van der Waals surface area contributed by atoms with Gasteiger partial charge in [0.2, 0.25) is 5.91 Å². The van der Waals surface area contributed by atoms with Crippen molar-refractivity contribution in [2.24, 2.45) is 0 Å². The molecule has 1 aromatic carbocycles. The second-order valence-corrected chi connectivity index (χ2v) is 3.66. The molecule has 0 aromatic heterocycles. The molecule has 0 N–H and O–H groups in total. The molecule has 1 fully saturated rings. The summed E-state index contributed by atoms with van der Waals surface area (Å²) in [5, 5.41) is 0. The summed E-state index contributed by atoms with van der Waals surface area (Å²) in [5.74, 6) is -2.50. The van der Waals surface area contributed by atoms with Crippen LogP contribution in [0.3, 0.4) is 0 Å². The Kier molecular flexibility index (Phi) is 2.79. The van der Waals surface area contributed by atoms with Crippen LogP contribution in [0.15, 0.2) is 18.2 Å². The van der Waals surface area contributed by atoms with Crippen LogP contribution in [-0.2, 0) is 9.53 Å². The van der Waals surface area contributed by atoms with Crippen molar-refractivity contribution in [2.75, 3.05) is 6.61 Å². The predicted molar refractivity (Wildman–Crippen MR) is 53.0 cm³/mol. The first kappa shape index (κ1) is 11.5. The van der Waals surface area contributed by atoms with E-state index in [2.05, 4.69) is 0 Å². The molecule has 1 heterocycles. The van der Waals surface area contributed by atoms with E-state index in [-0.39, 0.29) is 6.61 Å². The molecule has 1 aliphatic heterocycles. The number of halogens is 2. The molecule has 1 aromatic rings. The number of carbonyl (C=O) groups excluding carboxylic acids is 2.